The standard InChI is InChI=1S/C50H55NO8/c52-48-42-29-17-18-30-43(42)49(53)51(48)31-19-3-1-2-4-20-32-55-50-47(58-36-41-27-15-8-16-28-41)46(57-35-40-25-13-7-14-26-40)45(56-34-39-23-11-6-12-24-39)44(59-50)37-54-33-38-21-9-5-10-22-38/h5-18,21-30,44-47,50H,1-4,19-20,31-37H2/t44-,45-,46+,47+,50-/m1/s1. The number of nitrogens with zero attached hydrogens (tertiary/aromatic N) is 1. The number of imide groups is 1. The van der Waals surface area contributed by atoms with Crippen LogP contribution in [0.5, 0.6) is 0 Å². The SMILES string of the molecule is O=C1c2ccccc2C(=O)N1CCCCCCCCO[C@@H]1O[C@H](COCc2ccccc2)[C@@H](OCc2ccccc2)[C@H](OCc2ccccc2)[C@@H]1OCc1ccccc1. The van der Waals surface area contributed by atoms with Crippen LogP contribution >= 0.6 is 0 Å². The average molecular weight is 798 g/mol. The number of rotatable bonds is 23. The van der Waals surface area contributed by atoms with Gasteiger partial charge in [-0.25, -0.2) is 0 Å². The Morgan fingerprint density at radius 2 is 0.864 bits per heavy atom. The molecule has 2 heterocycles. The molecule has 9 heteroatoms. The molecule has 59 heavy (non-hydrogen) atoms. The summed E-state index contributed by atoms with van der Waals surface area (Å²) < 4.78 is 40.1. The maximum Gasteiger partial charge on any atom is 0.261 e. The van der Waals surface area contributed by atoms with Gasteiger partial charge in [-0.3, -0.25) is 14.5 Å². The summed E-state index contributed by atoms with van der Waals surface area (Å²) in [5.41, 5.74) is 5.20. The van der Waals surface area contributed by atoms with Crippen molar-refractivity contribution in [1.29, 1.82) is 0 Å². The first-order valence-corrected chi connectivity index (χ1v) is 20.9. The van der Waals surface area contributed by atoms with E-state index in [1.807, 2.05) is 109 Å². The number of fused-ring (bicyclic) bond motifs is 1. The Bertz CT molecular complexity index is 1960. The van der Waals surface area contributed by atoms with Gasteiger partial charge in [0, 0.05) is 13.2 Å². The van der Waals surface area contributed by atoms with Gasteiger partial charge in [-0.1, -0.05) is 159 Å². The first kappa shape index (κ1) is 42.1. The summed E-state index contributed by atoms with van der Waals surface area (Å²) in [4.78, 5) is 26.8. The average Bonchev–Trinajstić information content (AvgIpc) is 3.53. The fourth-order valence-electron chi connectivity index (χ4n) is 7.60. The van der Waals surface area contributed by atoms with Crippen LogP contribution in [-0.2, 0) is 54.8 Å². The number of carbonyl (C=O) groups is 2. The molecule has 5 atom stereocenters. The molecule has 1 saturated heterocycles. The molecule has 1 fully saturated rings. The number of hydrogen-bond donors (Lipinski definition) is 0. The predicted octanol–water partition coefficient (Wildman–Crippen LogP) is 9.34. The van der Waals surface area contributed by atoms with E-state index in [0.29, 0.717) is 50.7 Å². The van der Waals surface area contributed by atoms with Gasteiger partial charge in [-0.2, -0.15) is 0 Å². The highest BCUT2D eigenvalue weighted by molar-refractivity contribution is 6.21. The molecule has 5 aromatic carbocycles. The molecular weight excluding hydrogens is 743 g/mol. The lowest BCUT2D eigenvalue weighted by Crippen LogP contribution is -2.61. The smallest absolute Gasteiger partial charge is 0.261 e. The Morgan fingerprint density at radius 3 is 1.39 bits per heavy atom. The van der Waals surface area contributed by atoms with Crippen LogP contribution in [0.4, 0.5) is 0 Å². The lowest BCUT2D eigenvalue weighted by molar-refractivity contribution is -0.328. The molecular formula is C50H55NO8. The summed E-state index contributed by atoms with van der Waals surface area (Å²) in [6, 6.07) is 47.5. The van der Waals surface area contributed by atoms with Crippen LogP contribution in [0.1, 0.15) is 81.5 Å². The molecule has 0 radical (unpaired) electrons. The van der Waals surface area contributed by atoms with Gasteiger partial charge in [0.25, 0.3) is 11.8 Å². The quantitative estimate of drug-likeness (QED) is 0.0477. The molecule has 0 N–H and O–H groups in total. The van der Waals surface area contributed by atoms with E-state index in [2.05, 4.69) is 12.1 Å². The lowest BCUT2D eigenvalue weighted by atomic mass is 9.97. The van der Waals surface area contributed by atoms with Gasteiger partial charge in [-0.15, -0.1) is 0 Å². The molecule has 2 aliphatic rings. The zero-order valence-corrected chi connectivity index (χ0v) is 33.6. The van der Waals surface area contributed by atoms with Crippen molar-refractivity contribution < 1.29 is 38.0 Å². The Labute approximate surface area is 348 Å². The zero-order valence-electron chi connectivity index (χ0n) is 33.6. The van der Waals surface area contributed by atoms with Crippen molar-refractivity contribution in [2.75, 3.05) is 19.8 Å². The minimum atomic E-state index is -0.735. The van der Waals surface area contributed by atoms with E-state index in [1.54, 1.807) is 24.3 Å². The van der Waals surface area contributed by atoms with Crippen LogP contribution in [0.3, 0.4) is 0 Å². The highest BCUT2D eigenvalue weighted by Crippen LogP contribution is 2.32. The third-order valence-corrected chi connectivity index (χ3v) is 10.8. The largest absolute Gasteiger partial charge is 0.374 e. The van der Waals surface area contributed by atoms with Gasteiger partial charge in [0.1, 0.15) is 24.4 Å². The van der Waals surface area contributed by atoms with E-state index in [4.69, 9.17) is 28.4 Å². The zero-order chi connectivity index (χ0) is 40.5. The van der Waals surface area contributed by atoms with E-state index < -0.39 is 30.7 Å². The number of amides is 2. The summed E-state index contributed by atoms with van der Waals surface area (Å²) in [5.74, 6) is -0.379. The fraction of sp³-hybridized carbons (Fsp3) is 0.360. The molecule has 9 nitrogen and oxygen atoms in total. The molecule has 0 saturated carbocycles. The maximum absolute atomic E-state index is 12.7. The topological polar surface area (TPSA) is 92.8 Å². The Balaban J connectivity index is 1.00. The molecule has 0 unspecified atom stereocenters. The van der Waals surface area contributed by atoms with Crippen molar-refractivity contribution in [1.82, 2.24) is 4.90 Å². The minimum absolute atomic E-state index is 0.189. The van der Waals surface area contributed by atoms with Crippen LogP contribution in [-0.4, -0.2) is 67.2 Å². The third kappa shape index (κ3) is 12.0. The van der Waals surface area contributed by atoms with E-state index >= 15 is 0 Å². The van der Waals surface area contributed by atoms with Crippen molar-refractivity contribution >= 4 is 11.8 Å². The van der Waals surface area contributed by atoms with Gasteiger partial charge in [-0.05, 0) is 47.2 Å². The van der Waals surface area contributed by atoms with E-state index in [0.717, 1.165) is 60.8 Å². The van der Waals surface area contributed by atoms with Gasteiger partial charge >= 0.3 is 0 Å². The third-order valence-electron chi connectivity index (χ3n) is 10.8. The number of unbranched alkanes of at least 4 members (excludes halogenated alkanes) is 5. The summed E-state index contributed by atoms with van der Waals surface area (Å²) >= 11 is 0. The van der Waals surface area contributed by atoms with Gasteiger partial charge < -0.3 is 28.4 Å². The molecule has 7 rings (SSSR count). The minimum Gasteiger partial charge on any atom is -0.374 e. The molecule has 2 aliphatic heterocycles. The summed E-state index contributed by atoms with van der Waals surface area (Å²) in [6.45, 7) is 2.69. The van der Waals surface area contributed by atoms with Crippen molar-refractivity contribution in [2.45, 2.75) is 95.7 Å². The van der Waals surface area contributed by atoms with Crippen molar-refractivity contribution in [2.24, 2.45) is 0 Å². The van der Waals surface area contributed by atoms with Crippen LogP contribution in [0.25, 0.3) is 0 Å². The Hall–Kier alpha value is -5.00. The molecule has 0 aromatic heterocycles. The summed E-state index contributed by atoms with van der Waals surface area (Å²) in [5, 5.41) is 0. The second-order valence-corrected chi connectivity index (χ2v) is 15.1. The molecule has 308 valence electrons. The maximum atomic E-state index is 12.7. The van der Waals surface area contributed by atoms with Crippen LogP contribution in [0.15, 0.2) is 146 Å². The Morgan fingerprint density at radius 1 is 0.441 bits per heavy atom. The molecule has 2 amide bonds. The van der Waals surface area contributed by atoms with Crippen LogP contribution in [0, 0.1) is 0 Å². The van der Waals surface area contributed by atoms with Crippen molar-refractivity contribution in [3.05, 3.63) is 179 Å². The molecule has 0 spiro atoms. The second kappa shape index (κ2) is 22.4. The lowest BCUT2D eigenvalue weighted by Gasteiger charge is -2.46. The van der Waals surface area contributed by atoms with E-state index in [-0.39, 0.29) is 18.4 Å². The summed E-state index contributed by atoms with van der Waals surface area (Å²) in [7, 11) is 0. The predicted molar refractivity (Wildman–Crippen MR) is 225 cm³/mol. The normalized spacial score (nSPS) is 20.2. The highest BCUT2D eigenvalue weighted by Gasteiger charge is 2.49. The van der Waals surface area contributed by atoms with E-state index in [1.165, 1.54) is 4.90 Å². The first-order chi connectivity index (χ1) is 29.1. The number of carbonyl (C=O) groups excluding carboxylic acids is 2. The molecule has 5 aromatic rings. The second-order valence-electron chi connectivity index (χ2n) is 15.1. The van der Waals surface area contributed by atoms with Gasteiger partial charge in [0.05, 0.1) is 44.2 Å². The highest BCUT2D eigenvalue weighted by atomic mass is 16.7. The van der Waals surface area contributed by atoms with Crippen LogP contribution in [0.2, 0.25) is 0 Å². The number of benzene rings is 5. The van der Waals surface area contributed by atoms with Gasteiger partial charge in [0.2, 0.25) is 0 Å². The van der Waals surface area contributed by atoms with Crippen LogP contribution < -0.4 is 0 Å². The molecule has 0 aliphatic carbocycles. The first-order valence-electron chi connectivity index (χ1n) is 20.9. The molecule has 0 bridgehead atoms. The number of ether oxygens (including phenoxy) is 6. The fourth-order valence-corrected chi connectivity index (χ4v) is 7.60. The number of hydrogen-bond acceptors (Lipinski definition) is 8. The Kier molecular flexibility index (Phi) is 16.0. The van der Waals surface area contributed by atoms with Crippen molar-refractivity contribution in [3.8, 4) is 0 Å². The van der Waals surface area contributed by atoms with Crippen molar-refractivity contribution in [3.63, 3.8) is 0 Å². The monoisotopic (exact) mass is 797 g/mol. The summed E-state index contributed by atoms with van der Waals surface area (Å²) in [6.07, 6.45) is 2.61. The van der Waals surface area contributed by atoms with E-state index in [9.17, 15) is 9.59 Å². The van der Waals surface area contributed by atoms with Gasteiger partial charge in [0.15, 0.2) is 6.29 Å².